The summed E-state index contributed by atoms with van der Waals surface area (Å²) < 4.78 is 5.89. The van der Waals surface area contributed by atoms with Gasteiger partial charge in [-0.15, -0.1) is 0 Å². The number of aryl methyl sites for hydroxylation is 1. The highest BCUT2D eigenvalue weighted by Crippen LogP contribution is 2.26. The van der Waals surface area contributed by atoms with Gasteiger partial charge in [-0.1, -0.05) is 24.6 Å². The van der Waals surface area contributed by atoms with E-state index >= 15 is 0 Å². The molecule has 1 fully saturated rings. The molecule has 27 heavy (non-hydrogen) atoms. The van der Waals surface area contributed by atoms with Crippen molar-refractivity contribution in [1.82, 2.24) is 15.0 Å². The number of aromatic nitrogens is 3. The van der Waals surface area contributed by atoms with E-state index in [1.165, 1.54) is 0 Å². The van der Waals surface area contributed by atoms with Gasteiger partial charge in [-0.25, -0.2) is 9.97 Å². The third-order valence-electron chi connectivity index (χ3n) is 4.83. The highest BCUT2D eigenvalue weighted by molar-refractivity contribution is 6.45. The maximum Gasteiger partial charge on any atom is 0.242 e. The molecule has 0 radical (unpaired) electrons. The summed E-state index contributed by atoms with van der Waals surface area (Å²) >= 11 is 6.04. The van der Waals surface area contributed by atoms with Crippen LogP contribution in [0.2, 0.25) is 5.15 Å². The first kappa shape index (κ1) is 19.5. The number of ketones is 1. The Hall–Kier alpha value is -2.25. The normalized spacial score (nSPS) is 19.9. The van der Waals surface area contributed by atoms with Crippen LogP contribution < -0.4 is 4.90 Å². The van der Waals surface area contributed by atoms with E-state index in [4.69, 9.17) is 21.7 Å². The second-order valence-electron chi connectivity index (χ2n) is 6.47. The van der Waals surface area contributed by atoms with Gasteiger partial charge in [0.2, 0.25) is 5.78 Å². The van der Waals surface area contributed by atoms with E-state index in [2.05, 4.69) is 19.9 Å². The average Bonchev–Trinajstić information content (AvgIpc) is 3.08. The minimum absolute atomic E-state index is 0.0159. The summed E-state index contributed by atoms with van der Waals surface area (Å²) in [4.78, 5) is 26.3. The van der Waals surface area contributed by atoms with Gasteiger partial charge in [0.1, 0.15) is 5.82 Å². The summed E-state index contributed by atoms with van der Waals surface area (Å²) in [6.07, 6.45) is 2.80. The molecule has 0 amide bonds. The Kier molecular flexibility index (Phi) is 6.23. The van der Waals surface area contributed by atoms with Crippen LogP contribution in [0.4, 0.5) is 5.82 Å². The largest absolute Gasteiger partial charge is 0.376 e. The first-order valence-electron chi connectivity index (χ1n) is 9.20. The van der Waals surface area contributed by atoms with Gasteiger partial charge < -0.3 is 20.0 Å². The molecule has 0 aliphatic carbocycles. The first-order valence-corrected chi connectivity index (χ1v) is 9.58. The van der Waals surface area contributed by atoms with Crippen molar-refractivity contribution >= 4 is 28.9 Å². The Morgan fingerprint density at radius 3 is 2.89 bits per heavy atom. The van der Waals surface area contributed by atoms with Gasteiger partial charge in [0, 0.05) is 31.8 Å². The zero-order chi connectivity index (χ0) is 19.4. The number of halogens is 1. The monoisotopic (exact) mass is 389 g/mol. The fourth-order valence-corrected chi connectivity index (χ4v) is 3.67. The van der Waals surface area contributed by atoms with Crippen molar-refractivity contribution in [2.24, 2.45) is 5.92 Å². The smallest absolute Gasteiger partial charge is 0.242 e. The van der Waals surface area contributed by atoms with Crippen LogP contribution in [0.1, 0.15) is 36.6 Å². The lowest BCUT2D eigenvalue weighted by Gasteiger charge is -2.38. The van der Waals surface area contributed by atoms with Crippen LogP contribution in [0.5, 0.6) is 0 Å². The molecule has 2 N–H and O–H groups in total. The SMILES string of the molecule is CCO[C@H]1CN(c2ccccn2)CCC1C(=N)C(=O)c1nc(Cl)c(CC)[nH]1. The highest BCUT2D eigenvalue weighted by atomic mass is 35.5. The lowest BCUT2D eigenvalue weighted by atomic mass is 9.87. The average molecular weight is 390 g/mol. The summed E-state index contributed by atoms with van der Waals surface area (Å²) in [7, 11) is 0. The Morgan fingerprint density at radius 1 is 1.44 bits per heavy atom. The van der Waals surface area contributed by atoms with Gasteiger partial charge in [0.05, 0.1) is 17.5 Å². The zero-order valence-corrected chi connectivity index (χ0v) is 16.3. The molecule has 1 aliphatic heterocycles. The number of carbonyl (C=O) groups excluding carboxylic acids is 1. The van der Waals surface area contributed by atoms with Crippen molar-refractivity contribution in [3.63, 3.8) is 0 Å². The minimum Gasteiger partial charge on any atom is -0.376 e. The number of hydrogen-bond acceptors (Lipinski definition) is 6. The molecule has 1 aliphatic rings. The van der Waals surface area contributed by atoms with Crippen LogP contribution in [0.3, 0.4) is 0 Å². The fraction of sp³-hybridized carbons (Fsp3) is 0.474. The molecular weight excluding hydrogens is 366 g/mol. The van der Waals surface area contributed by atoms with Gasteiger partial charge >= 0.3 is 0 Å². The Labute approximate surface area is 163 Å². The molecule has 8 heteroatoms. The molecule has 2 atom stereocenters. The first-order chi connectivity index (χ1) is 13.0. The molecule has 3 rings (SSSR count). The van der Waals surface area contributed by atoms with Gasteiger partial charge in [-0.05, 0) is 31.9 Å². The van der Waals surface area contributed by atoms with Gasteiger partial charge in [-0.2, -0.15) is 0 Å². The number of nitrogens with one attached hydrogen (secondary N) is 2. The quantitative estimate of drug-likeness (QED) is 0.560. The molecule has 0 bridgehead atoms. The molecule has 144 valence electrons. The van der Waals surface area contributed by atoms with Crippen LogP contribution in [0.15, 0.2) is 24.4 Å². The van der Waals surface area contributed by atoms with Crippen LogP contribution in [0.25, 0.3) is 0 Å². The lowest BCUT2D eigenvalue weighted by molar-refractivity contribution is 0.0323. The van der Waals surface area contributed by atoms with E-state index in [1.807, 2.05) is 32.0 Å². The van der Waals surface area contributed by atoms with Gasteiger partial charge in [0.15, 0.2) is 11.0 Å². The Bertz CT molecular complexity index is 808. The highest BCUT2D eigenvalue weighted by Gasteiger charge is 2.36. The number of nitrogens with zero attached hydrogens (tertiary/aromatic N) is 3. The molecule has 0 saturated carbocycles. The van der Waals surface area contributed by atoms with Crippen LogP contribution >= 0.6 is 11.6 Å². The number of imidazole rings is 1. The molecule has 2 aromatic rings. The molecule has 7 nitrogen and oxygen atoms in total. The molecule has 0 aromatic carbocycles. The van der Waals surface area contributed by atoms with Gasteiger partial charge in [-0.3, -0.25) is 4.79 Å². The summed E-state index contributed by atoms with van der Waals surface area (Å²) in [5.41, 5.74) is 0.723. The summed E-state index contributed by atoms with van der Waals surface area (Å²) in [5.74, 6) is 0.303. The summed E-state index contributed by atoms with van der Waals surface area (Å²) in [6, 6.07) is 5.78. The van der Waals surface area contributed by atoms with Crippen LogP contribution in [0, 0.1) is 11.3 Å². The fourth-order valence-electron chi connectivity index (χ4n) is 3.40. The Balaban J connectivity index is 1.76. The molecule has 1 unspecified atom stereocenters. The van der Waals surface area contributed by atoms with Crippen molar-refractivity contribution in [2.75, 3.05) is 24.6 Å². The van der Waals surface area contributed by atoms with Crippen molar-refractivity contribution in [3.05, 3.63) is 41.1 Å². The number of Topliss-reactive ketones (excluding diaryl/α,β-unsaturated/α-hetero) is 1. The second-order valence-corrected chi connectivity index (χ2v) is 6.83. The summed E-state index contributed by atoms with van der Waals surface area (Å²) in [5, 5.41) is 8.77. The van der Waals surface area contributed by atoms with Crippen molar-refractivity contribution in [2.45, 2.75) is 32.8 Å². The molecule has 3 heterocycles. The molecule has 2 aromatic heterocycles. The van der Waals surface area contributed by atoms with Crippen molar-refractivity contribution in [1.29, 1.82) is 5.41 Å². The number of carbonyl (C=O) groups is 1. The standard InChI is InChI=1S/C19H24ClN5O2/c1-3-13-18(20)24-19(23-13)17(26)16(21)12-8-10-25(11-14(12)27-4-2)15-7-5-6-9-22-15/h5-7,9,12,14,21H,3-4,8,10-11H2,1-2H3,(H,23,24)/t12?,14-/m0/s1. The number of pyridine rings is 1. The third kappa shape index (κ3) is 4.20. The molecule has 1 saturated heterocycles. The Morgan fingerprint density at radius 2 is 2.26 bits per heavy atom. The molecule has 0 spiro atoms. The van der Waals surface area contributed by atoms with Crippen LogP contribution in [-0.2, 0) is 11.2 Å². The maximum absolute atomic E-state index is 12.8. The predicted octanol–water partition coefficient (Wildman–Crippen LogP) is 3.15. The maximum atomic E-state index is 12.8. The van der Waals surface area contributed by atoms with E-state index in [0.29, 0.717) is 43.4 Å². The number of H-pyrrole nitrogens is 1. The number of rotatable bonds is 7. The van der Waals surface area contributed by atoms with E-state index in [0.717, 1.165) is 5.82 Å². The van der Waals surface area contributed by atoms with E-state index < -0.39 is 5.78 Å². The number of piperidine rings is 1. The van der Waals surface area contributed by atoms with E-state index in [-0.39, 0.29) is 23.6 Å². The number of aromatic amines is 1. The third-order valence-corrected chi connectivity index (χ3v) is 5.14. The topological polar surface area (TPSA) is 95.0 Å². The van der Waals surface area contributed by atoms with E-state index in [1.54, 1.807) is 6.20 Å². The lowest BCUT2D eigenvalue weighted by Crippen LogP contribution is -2.49. The second kappa shape index (κ2) is 8.63. The number of ether oxygens (including phenoxy) is 1. The van der Waals surface area contributed by atoms with E-state index in [9.17, 15) is 4.79 Å². The van der Waals surface area contributed by atoms with Gasteiger partial charge in [0.25, 0.3) is 0 Å². The number of anilines is 1. The number of hydrogen-bond donors (Lipinski definition) is 2. The molecular formula is C19H24ClN5O2. The van der Waals surface area contributed by atoms with Crippen LogP contribution in [-0.4, -0.2) is 52.2 Å². The van der Waals surface area contributed by atoms with Crippen molar-refractivity contribution in [3.8, 4) is 0 Å². The predicted molar refractivity (Wildman–Crippen MR) is 105 cm³/mol. The van der Waals surface area contributed by atoms with Crippen molar-refractivity contribution < 1.29 is 9.53 Å². The zero-order valence-electron chi connectivity index (χ0n) is 15.5. The minimum atomic E-state index is -0.419. The summed E-state index contributed by atoms with van der Waals surface area (Å²) in [6.45, 7) is 5.66.